The molecule has 2 atom stereocenters. The number of fused-ring (bicyclic) bond motifs is 1. The summed E-state index contributed by atoms with van der Waals surface area (Å²) in [5.41, 5.74) is 8.61. The van der Waals surface area contributed by atoms with E-state index in [1.807, 2.05) is 31.2 Å². The summed E-state index contributed by atoms with van der Waals surface area (Å²) in [6, 6.07) is -0.453. The number of nitrogen functional groups attached to an aromatic ring is 1. The number of anilines is 1. The van der Waals surface area contributed by atoms with Gasteiger partial charge in [0.1, 0.15) is 18.4 Å². The molecule has 30 heavy (non-hydrogen) atoms. The number of nitrogens with two attached hydrogens (primary N) is 1. The van der Waals surface area contributed by atoms with E-state index in [2.05, 4.69) is 31.7 Å². The Morgan fingerprint density at radius 3 is 2.80 bits per heavy atom. The van der Waals surface area contributed by atoms with Gasteiger partial charge in [-0.25, -0.2) is 15.0 Å². The molecule has 2 amide bonds. The fourth-order valence-electron chi connectivity index (χ4n) is 3.56. The van der Waals surface area contributed by atoms with Crippen LogP contribution in [0, 0.1) is 5.92 Å². The van der Waals surface area contributed by atoms with Crippen molar-refractivity contribution in [3.05, 3.63) is 60.4 Å². The van der Waals surface area contributed by atoms with Gasteiger partial charge < -0.3 is 20.9 Å². The Labute approximate surface area is 173 Å². The zero-order chi connectivity index (χ0) is 21.1. The van der Waals surface area contributed by atoms with Crippen molar-refractivity contribution in [3.8, 4) is 0 Å². The number of nitrogens with one attached hydrogen (secondary N) is 2. The maximum Gasteiger partial charge on any atom is 0.240 e. The minimum atomic E-state index is -0.507. The largest absolute Gasteiger partial charge is 0.382 e. The van der Waals surface area contributed by atoms with Crippen LogP contribution >= 0.6 is 0 Å². The lowest BCUT2D eigenvalue weighted by Gasteiger charge is -2.25. The second-order valence-electron chi connectivity index (χ2n) is 7.26. The zero-order valence-corrected chi connectivity index (χ0v) is 16.6. The number of aromatic nitrogens is 4. The van der Waals surface area contributed by atoms with Gasteiger partial charge in [-0.15, -0.1) is 0 Å². The molecule has 9 heteroatoms. The number of carbonyl (C=O) groups excluding carboxylic acids is 2. The number of hydrogen-bond acceptors (Lipinski definition) is 6. The Kier molecular flexibility index (Phi) is 5.42. The summed E-state index contributed by atoms with van der Waals surface area (Å²) in [6.45, 7) is 1.98. The number of hydrogen-bond donors (Lipinski definition) is 3. The summed E-state index contributed by atoms with van der Waals surface area (Å²) in [6.07, 6.45) is 16.1. The lowest BCUT2D eigenvalue weighted by molar-refractivity contribution is -0.125. The number of carbonyl (C=O) groups is 2. The highest BCUT2D eigenvalue weighted by atomic mass is 16.2. The standard InChI is InChI=1S/C21H23N7O2/c1-13-6-2-4-8-15(13)27-21(30)14-7-3-5-9-16(14)26-17(29)10-28-12-25-18-19(22)23-11-24-20(18)28/h3,5-9,11-12,14,16H,2,4,10H2,1H3,(H,26,29)(H,27,30)(H2,22,23,24). The van der Waals surface area contributed by atoms with Crippen LogP contribution in [-0.2, 0) is 16.1 Å². The van der Waals surface area contributed by atoms with E-state index in [-0.39, 0.29) is 24.2 Å². The molecule has 0 fully saturated rings. The van der Waals surface area contributed by atoms with E-state index in [9.17, 15) is 9.59 Å². The Bertz CT molecular complexity index is 1110. The van der Waals surface area contributed by atoms with Gasteiger partial charge in [-0.05, 0) is 25.3 Å². The van der Waals surface area contributed by atoms with Crippen molar-refractivity contribution in [2.75, 3.05) is 5.73 Å². The molecule has 2 unspecified atom stereocenters. The monoisotopic (exact) mass is 405 g/mol. The Hall–Kier alpha value is -3.75. The van der Waals surface area contributed by atoms with Gasteiger partial charge in [-0.1, -0.05) is 36.5 Å². The predicted octanol–water partition coefficient (Wildman–Crippen LogP) is 1.38. The highest BCUT2D eigenvalue weighted by molar-refractivity contribution is 5.86. The summed E-state index contributed by atoms with van der Waals surface area (Å²) < 4.78 is 1.60. The molecule has 0 saturated carbocycles. The first-order valence-corrected chi connectivity index (χ1v) is 9.77. The smallest absolute Gasteiger partial charge is 0.240 e. The van der Waals surface area contributed by atoms with Crippen molar-refractivity contribution in [1.29, 1.82) is 0 Å². The summed E-state index contributed by atoms with van der Waals surface area (Å²) >= 11 is 0. The maximum absolute atomic E-state index is 12.9. The lowest BCUT2D eigenvalue weighted by Crippen LogP contribution is -2.46. The highest BCUT2D eigenvalue weighted by Gasteiger charge is 2.28. The molecule has 2 aliphatic carbocycles. The second-order valence-corrected chi connectivity index (χ2v) is 7.26. The number of imidazole rings is 1. The summed E-state index contributed by atoms with van der Waals surface area (Å²) in [5, 5.41) is 5.91. The van der Waals surface area contributed by atoms with E-state index in [0.717, 1.165) is 24.1 Å². The molecule has 154 valence electrons. The molecule has 9 nitrogen and oxygen atoms in total. The van der Waals surface area contributed by atoms with Crippen LogP contribution in [0.3, 0.4) is 0 Å². The molecule has 2 heterocycles. The van der Waals surface area contributed by atoms with E-state index < -0.39 is 12.0 Å². The second kappa shape index (κ2) is 8.32. The molecule has 2 aromatic heterocycles. The third-order valence-corrected chi connectivity index (χ3v) is 5.16. The van der Waals surface area contributed by atoms with Crippen LogP contribution in [-0.4, -0.2) is 37.4 Å². The first-order valence-electron chi connectivity index (χ1n) is 9.77. The van der Waals surface area contributed by atoms with Crippen LogP contribution in [0.15, 0.2) is 60.4 Å². The molecule has 2 aliphatic rings. The van der Waals surface area contributed by atoms with E-state index in [0.29, 0.717) is 11.2 Å². The maximum atomic E-state index is 12.9. The number of allylic oxidation sites excluding steroid dienone is 5. The van der Waals surface area contributed by atoms with Gasteiger partial charge in [0.25, 0.3) is 0 Å². The summed E-state index contributed by atoms with van der Waals surface area (Å²) in [4.78, 5) is 37.8. The highest BCUT2D eigenvalue weighted by Crippen LogP contribution is 2.19. The summed E-state index contributed by atoms with van der Waals surface area (Å²) in [7, 11) is 0. The van der Waals surface area contributed by atoms with Crippen molar-refractivity contribution < 1.29 is 9.59 Å². The van der Waals surface area contributed by atoms with Crippen molar-refractivity contribution in [2.45, 2.75) is 32.4 Å². The molecule has 0 bridgehead atoms. The Balaban J connectivity index is 1.43. The SMILES string of the molecule is CC1=CCCC=C1NC(=O)C1C=CC=CC1NC(=O)Cn1cnc2c(N)ncnc21. The topological polar surface area (TPSA) is 128 Å². The first kappa shape index (κ1) is 19.6. The van der Waals surface area contributed by atoms with Gasteiger partial charge >= 0.3 is 0 Å². The minimum Gasteiger partial charge on any atom is -0.382 e. The molecule has 0 aromatic carbocycles. The normalized spacial score (nSPS) is 20.6. The van der Waals surface area contributed by atoms with E-state index in [1.54, 1.807) is 10.6 Å². The van der Waals surface area contributed by atoms with Crippen molar-refractivity contribution in [1.82, 2.24) is 30.2 Å². The Morgan fingerprint density at radius 2 is 1.97 bits per heavy atom. The Morgan fingerprint density at radius 1 is 1.17 bits per heavy atom. The van der Waals surface area contributed by atoms with E-state index in [4.69, 9.17) is 5.73 Å². The van der Waals surface area contributed by atoms with Crippen LogP contribution in [0.2, 0.25) is 0 Å². The number of nitrogens with zero attached hydrogens (tertiary/aromatic N) is 4. The average molecular weight is 405 g/mol. The van der Waals surface area contributed by atoms with E-state index in [1.165, 1.54) is 12.7 Å². The first-order chi connectivity index (χ1) is 14.5. The summed E-state index contributed by atoms with van der Waals surface area (Å²) in [5.74, 6) is -0.665. The van der Waals surface area contributed by atoms with Gasteiger partial charge in [-0.3, -0.25) is 9.59 Å². The van der Waals surface area contributed by atoms with Crippen molar-refractivity contribution in [3.63, 3.8) is 0 Å². The van der Waals surface area contributed by atoms with Gasteiger partial charge in [0.2, 0.25) is 11.8 Å². The predicted molar refractivity (Wildman–Crippen MR) is 113 cm³/mol. The average Bonchev–Trinajstić information content (AvgIpc) is 3.14. The van der Waals surface area contributed by atoms with E-state index >= 15 is 0 Å². The molecule has 0 aliphatic heterocycles. The molecule has 0 spiro atoms. The fraction of sp³-hybridized carbons (Fsp3) is 0.286. The van der Waals surface area contributed by atoms with Gasteiger partial charge in [-0.2, -0.15) is 0 Å². The third-order valence-electron chi connectivity index (χ3n) is 5.16. The minimum absolute atomic E-state index is 0.00233. The zero-order valence-electron chi connectivity index (χ0n) is 16.6. The van der Waals surface area contributed by atoms with Crippen LogP contribution in [0.1, 0.15) is 19.8 Å². The lowest BCUT2D eigenvalue weighted by atomic mass is 9.93. The van der Waals surface area contributed by atoms with Crippen LogP contribution in [0.4, 0.5) is 5.82 Å². The van der Waals surface area contributed by atoms with Crippen molar-refractivity contribution in [2.24, 2.45) is 5.92 Å². The van der Waals surface area contributed by atoms with Crippen LogP contribution in [0.25, 0.3) is 11.2 Å². The molecule has 0 saturated heterocycles. The van der Waals surface area contributed by atoms with Crippen LogP contribution < -0.4 is 16.4 Å². The molecular weight excluding hydrogens is 382 g/mol. The number of amides is 2. The number of rotatable bonds is 5. The van der Waals surface area contributed by atoms with Gasteiger partial charge in [0.05, 0.1) is 18.3 Å². The van der Waals surface area contributed by atoms with Crippen LogP contribution in [0.5, 0.6) is 0 Å². The quantitative estimate of drug-likeness (QED) is 0.689. The van der Waals surface area contributed by atoms with Gasteiger partial charge in [0, 0.05) is 5.70 Å². The third kappa shape index (κ3) is 4.00. The molecule has 2 aromatic rings. The fourth-order valence-corrected chi connectivity index (χ4v) is 3.56. The molecule has 4 N–H and O–H groups in total. The van der Waals surface area contributed by atoms with Crippen molar-refractivity contribution >= 4 is 28.8 Å². The molecule has 4 rings (SSSR count). The molecule has 0 radical (unpaired) electrons. The van der Waals surface area contributed by atoms with Gasteiger partial charge in [0.15, 0.2) is 11.5 Å². The molecular formula is C21H23N7O2.